The zero-order valence-corrected chi connectivity index (χ0v) is 35.8. The van der Waals surface area contributed by atoms with E-state index < -0.39 is 35.8 Å². The Balaban J connectivity index is 0.960. The van der Waals surface area contributed by atoms with Crippen molar-refractivity contribution in [3.63, 3.8) is 0 Å². The van der Waals surface area contributed by atoms with Crippen LogP contribution in [0.2, 0.25) is 0 Å². The van der Waals surface area contributed by atoms with Crippen LogP contribution in [0, 0.1) is 6.92 Å². The molecule has 0 radical (unpaired) electrons. The Bertz CT molecular complexity index is 2670. The summed E-state index contributed by atoms with van der Waals surface area (Å²) in [6.07, 6.45) is 0.726. The lowest BCUT2D eigenvalue weighted by Gasteiger charge is -2.13. The Kier molecular flexibility index (Phi) is 15.4. The zero-order valence-electron chi connectivity index (χ0n) is 35.8. The average Bonchev–Trinajstić information content (AvgIpc) is 3.30. The molecule has 65 heavy (non-hydrogen) atoms. The third kappa shape index (κ3) is 12.9. The number of aryl methyl sites for hydroxylation is 1. The number of benzene rings is 6. The van der Waals surface area contributed by atoms with E-state index in [1.807, 2.05) is 6.92 Å². The molecule has 0 aliphatic heterocycles. The summed E-state index contributed by atoms with van der Waals surface area (Å²) >= 11 is 0. The van der Waals surface area contributed by atoms with Crippen LogP contribution in [0.15, 0.2) is 133 Å². The van der Waals surface area contributed by atoms with Crippen LogP contribution in [-0.4, -0.2) is 62.7 Å². The minimum absolute atomic E-state index is 0.0398. The SMILES string of the molecule is COc1cc(OCCC(C)OC)ccc1C(=O)Oc1ccc(C(=O)Oc2ccc(C(=O)Oc3ccc(OC(=O)c4ccc(OC(=O)c5ccc(OC(C)=O)cc5)cc4)c(C)c3)cc2)cc1. The van der Waals surface area contributed by atoms with Gasteiger partial charge in [-0.15, -0.1) is 0 Å². The summed E-state index contributed by atoms with van der Waals surface area (Å²) in [5.74, 6) is -1.82. The summed E-state index contributed by atoms with van der Waals surface area (Å²) in [7, 11) is 3.06. The van der Waals surface area contributed by atoms with Gasteiger partial charge in [0.2, 0.25) is 0 Å². The quantitative estimate of drug-likeness (QED) is 0.0624. The van der Waals surface area contributed by atoms with Gasteiger partial charge < -0.3 is 42.6 Å². The fourth-order valence-corrected chi connectivity index (χ4v) is 5.81. The van der Waals surface area contributed by atoms with E-state index in [2.05, 4.69) is 0 Å². The molecular weight excluding hydrogens is 841 g/mol. The minimum atomic E-state index is -0.688. The van der Waals surface area contributed by atoms with E-state index in [1.54, 1.807) is 32.2 Å². The molecule has 0 aliphatic carbocycles. The van der Waals surface area contributed by atoms with E-state index in [0.717, 1.165) is 0 Å². The maximum Gasteiger partial charge on any atom is 0.347 e. The molecule has 0 heterocycles. The molecule has 0 saturated carbocycles. The third-order valence-corrected chi connectivity index (χ3v) is 9.40. The number of carbonyl (C=O) groups is 6. The van der Waals surface area contributed by atoms with Crippen molar-refractivity contribution in [1.82, 2.24) is 0 Å². The first-order chi connectivity index (χ1) is 31.3. The maximum absolute atomic E-state index is 13.0. The topological polar surface area (TPSA) is 185 Å². The fourth-order valence-electron chi connectivity index (χ4n) is 5.81. The fraction of sp³-hybridized carbons (Fsp3) is 0.160. The molecule has 1 unspecified atom stereocenters. The Hall–Kier alpha value is -8.30. The van der Waals surface area contributed by atoms with Crippen molar-refractivity contribution in [3.05, 3.63) is 167 Å². The second-order valence-corrected chi connectivity index (χ2v) is 14.1. The highest BCUT2D eigenvalue weighted by atomic mass is 16.6. The van der Waals surface area contributed by atoms with Crippen molar-refractivity contribution >= 4 is 35.8 Å². The Labute approximate surface area is 373 Å². The average molecular weight is 883 g/mol. The van der Waals surface area contributed by atoms with Gasteiger partial charge in [0.15, 0.2) is 0 Å². The number of carbonyl (C=O) groups excluding carboxylic acids is 6. The normalized spacial score (nSPS) is 11.0. The lowest BCUT2D eigenvalue weighted by Crippen LogP contribution is -2.12. The number of rotatable bonds is 17. The van der Waals surface area contributed by atoms with E-state index in [9.17, 15) is 28.8 Å². The monoisotopic (exact) mass is 882 g/mol. The molecular formula is C50H42O15. The molecule has 6 aromatic rings. The van der Waals surface area contributed by atoms with Crippen LogP contribution in [0.1, 0.15) is 77.6 Å². The molecule has 15 heteroatoms. The predicted molar refractivity (Wildman–Crippen MR) is 233 cm³/mol. The predicted octanol–water partition coefficient (Wildman–Crippen LogP) is 8.83. The molecule has 0 bridgehead atoms. The first kappa shape index (κ1) is 46.2. The molecule has 1 atom stereocenters. The molecule has 0 spiro atoms. The van der Waals surface area contributed by atoms with Crippen LogP contribution in [0.3, 0.4) is 0 Å². The van der Waals surface area contributed by atoms with Crippen molar-refractivity contribution in [2.24, 2.45) is 0 Å². The number of methoxy groups -OCH3 is 2. The van der Waals surface area contributed by atoms with Crippen molar-refractivity contribution in [1.29, 1.82) is 0 Å². The molecule has 15 nitrogen and oxygen atoms in total. The number of ether oxygens (including phenoxy) is 9. The summed E-state index contributed by atoms with van der Waals surface area (Å²) in [5.41, 5.74) is 1.45. The molecule has 6 aromatic carbocycles. The largest absolute Gasteiger partial charge is 0.496 e. The molecule has 0 amide bonds. The first-order valence-corrected chi connectivity index (χ1v) is 19.9. The Morgan fingerprint density at radius 1 is 0.446 bits per heavy atom. The van der Waals surface area contributed by atoms with Gasteiger partial charge in [0, 0.05) is 26.5 Å². The van der Waals surface area contributed by atoms with E-state index in [-0.39, 0.29) is 74.2 Å². The molecule has 6 rings (SSSR count). The van der Waals surface area contributed by atoms with Gasteiger partial charge in [-0.05, 0) is 147 Å². The van der Waals surface area contributed by atoms with Crippen molar-refractivity contribution in [2.45, 2.75) is 33.3 Å². The van der Waals surface area contributed by atoms with Crippen molar-refractivity contribution in [3.8, 4) is 46.0 Å². The molecule has 0 aromatic heterocycles. The van der Waals surface area contributed by atoms with E-state index >= 15 is 0 Å². The van der Waals surface area contributed by atoms with E-state index in [4.69, 9.17) is 42.6 Å². The van der Waals surface area contributed by atoms with Crippen LogP contribution in [-0.2, 0) is 9.53 Å². The minimum Gasteiger partial charge on any atom is -0.496 e. The van der Waals surface area contributed by atoms with Gasteiger partial charge in [-0.2, -0.15) is 0 Å². The van der Waals surface area contributed by atoms with Gasteiger partial charge in [0.25, 0.3) is 0 Å². The summed E-state index contributed by atoms with van der Waals surface area (Å²) in [6.45, 7) is 5.30. The lowest BCUT2D eigenvalue weighted by atomic mass is 10.2. The number of hydrogen-bond donors (Lipinski definition) is 0. The van der Waals surface area contributed by atoms with Gasteiger partial charge in [-0.3, -0.25) is 4.79 Å². The summed E-state index contributed by atoms with van der Waals surface area (Å²) in [4.78, 5) is 75.3. The van der Waals surface area contributed by atoms with Gasteiger partial charge in [0.05, 0.1) is 42.1 Å². The molecule has 332 valence electrons. The van der Waals surface area contributed by atoms with Gasteiger partial charge >= 0.3 is 35.8 Å². The summed E-state index contributed by atoms with van der Waals surface area (Å²) < 4.78 is 48.7. The lowest BCUT2D eigenvalue weighted by molar-refractivity contribution is -0.131. The van der Waals surface area contributed by atoms with Crippen LogP contribution in [0.5, 0.6) is 46.0 Å². The second kappa shape index (κ2) is 21.7. The highest BCUT2D eigenvalue weighted by Crippen LogP contribution is 2.28. The summed E-state index contributed by atoms with van der Waals surface area (Å²) in [5, 5.41) is 0. The molecule has 0 N–H and O–H groups in total. The highest BCUT2D eigenvalue weighted by Gasteiger charge is 2.19. The number of hydrogen-bond acceptors (Lipinski definition) is 15. The van der Waals surface area contributed by atoms with Crippen LogP contribution >= 0.6 is 0 Å². The third-order valence-electron chi connectivity index (χ3n) is 9.40. The van der Waals surface area contributed by atoms with Gasteiger partial charge in [-0.25, -0.2) is 24.0 Å². The van der Waals surface area contributed by atoms with E-state index in [0.29, 0.717) is 24.3 Å². The van der Waals surface area contributed by atoms with Crippen LogP contribution in [0.4, 0.5) is 0 Å². The molecule has 0 fully saturated rings. The molecule has 0 aliphatic rings. The first-order valence-electron chi connectivity index (χ1n) is 19.9. The second-order valence-electron chi connectivity index (χ2n) is 14.1. The molecule has 0 saturated heterocycles. The summed E-state index contributed by atoms with van der Waals surface area (Å²) in [6, 6.07) is 32.4. The van der Waals surface area contributed by atoms with Crippen molar-refractivity contribution in [2.75, 3.05) is 20.8 Å². The highest BCUT2D eigenvalue weighted by molar-refractivity contribution is 5.96. The van der Waals surface area contributed by atoms with Gasteiger partial charge in [-0.1, -0.05) is 0 Å². The smallest absolute Gasteiger partial charge is 0.347 e. The van der Waals surface area contributed by atoms with Gasteiger partial charge in [0.1, 0.15) is 51.6 Å². The maximum atomic E-state index is 13.0. The Morgan fingerprint density at radius 2 is 0.846 bits per heavy atom. The van der Waals surface area contributed by atoms with E-state index in [1.165, 1.54) is 129 Å². The number of esters is 6. The standard InChI is InChI=1S/C50H42O15/c1-30-28-42(23-25-44(30)65-49(55)36-12-18-39(19-13-36)62-46(52)33-6-14-37(15-7-33)60-32(3)51)64-48(54)35-8-16-38(17-9-35)61-47(53)34-10-20-40(21-11-34)63-50(56)43-24-22-41(29-45(43)58-5)59-27-26-31(2)57-4/h6-25,28-29,31H,26-27H2,1-5H3. The van der Waals surface area contributed by atoms with Crippen molar-refractivity contribution < 1.29 is 71.4 Å². The van der Waals surface area contributed by atoms with Crippen LogP contribution < -0.4 is 37.9 Å². The zero-order chi connectivity index (χ0) is 46.5. The Morgan fingerprint density at radius 3 is 1.28 bits per heavy atom. The van der Waals surface area contributed by atoms with Crippen LogP contribution in [0.25, 0.3) is 0 Å².